The Morgan fingerprint density at radius 2 is 0.938 bits per heavy atom. The van der Waals surface area contributed by atoms with Gasteiger partial charge >= 0.3 is 12.4 Å². The maximum absolute atomic E-state index is 13.9. The van der Waals surface area contributed by atoms with E-state index < -0.39 is 41.1 Å². The van der Waals surface area contributed by atoms with E-state index in [4.69, 9.17) is 18.9 Å². The summed E-state index contributed by atoms with van der Waals surface area (Å²) >= 11 is 0. The molecule has 2 aromatic rings. The molecule has 0 aliphatic heterocycles. The van der Waals surface area contributed by atoms with Crippen LogP contribution in [0.2, 0.25) is 0 Å². The SMILES string of the molecule is COc1ccc(C(C(=O)C(c2ccc(OC)c(OC)c2)C(F)(F)F)C(F)(F)F)cc1OC. The molecule has 0 saturated carbocycles. The summed E-state index contributed by atoms with van der Waals surface area (Å²) in [6.45, 7) is 0. The summed E-state index contributed by atoms with van der Waals surface area (Å²) in [4.78, 5) is 12.9. The van der Waals surface area contributed by atoms with E-state index >= 15 is 0 Å². The van der Waals surface area contributed by atoms with E-state index in [-0.39, 0.29) is 23.0 Å². The van der Waals surface area contributed by atoms with Crippen LogP contribution in [0.3, 0.4) is 0 Å². The molecule has 11 heteroatoms. The molecule has 0 fully saturated rings. The highest BCUT2D eigenvalue weighted by Crippen LogP contribution is 2.47. The lowest BCUT2D eigenvalue weighted by atomic mass is 9.82. The van der Waals surface area contributed by atoms with Gasteiger partial charge in [0.05, 0.1) is 28.4 Å². The van der Waals surface area contributed by atoms with E-state index in [9.17, 15) is 31.1 Å². The summed E-state index contributed by atoms with van der Waals surface area (Å²) in [7, 11) is 4.77. The highest BCUT2D eigenvalue weighted by molar-refractivity contribution is 5.93. The second-order valence-corrected chi connectivity index (χ2v) is 6.58. The smallest absolute Gasteiger partial charge is 0.402 e. The van der Waals surface area contributed by atoms with Gasteiger partial charge in [0, 0.05) is 0 Å². The molecule has 0 aliphatic rings. The molecular formula is C21H20F6O5. The van der Waals surface area contributed by atoms with Crippen LogP contribution in [-0.2, 0) is 4.79 Å². The normalized spacial score (nSPS) is 13.8. The van der Waals surface area contributed by atoms with Gasteiger partial charge in [0.15, 0.2) is 28.8 Å². The molecule has 0 aromatic heterocycles. The molecule has 2 rings (SSSR count). The van der Waals surface area contributed by atoms with Crippen molar-refractivity contribution in [3.63, 3.8) is 0 Å². The highest BCUT2D eigenvalue weighted by Gasteiger charge is 2.55. The summed E-state index contributed by atoms with van der Waals surface area (Å²) in [5, 5.41) is 0. The van der Waals surface area contributed by atoms with Gasteiger partial charge in [-0.3, -0.25) is 4.79 Å². The fraction of sp³-hybridized carbons (Fsp3) is 0.381. The van der Waals surface area contributed by atoms with Crippen molar-refractivity contribution in [1.29, 1.82) is 0 Å². The monoisotopic (exact) mass is 466 g/mol. The molecular weight excluding hydrogens is 446 g/mol. The van der Waals surface area contributed by atoms with Gasteiger partial charge in [0.2, 0.25) is 0 Å². The molecule has 5 nitrogen and oxygen atoms in total. The number of benzene rings is 2. The van der Waals surface area contributed by atoms with Crippen LogP contribution in [0.25, 0.3) is 0 Å². The van der Waals surface area contributed by atoms with Gasteiger partial charge in [-0.1, -0.05) is 12.1 Å². The maximum Gasteiger partial charge on any atom is 0.402 e. The molecule has 0 amide bonds. The molecule has 0 heterocycles. The first-order valence-corrected chi connectivity index (χ1v) is 9.00. The number of ketones is 1. The molecule has 0 spiro atoms. The first-order chi connectivity index (χ1) is 14.9. The fourth-order valence-corrected chi connectivity index (χ4v) is 3.26. The van der Waals surface area contributed by atoms with Gasteiger partial charge < -0.3 is 18.9 Å². The molecule has 2 aromatic carbocycles. The van der Waals surface area contributed by atoms with Crippen molar-refractivity contribution in [3.8, 4) is 23.0 Å². The van der Waals surface area contributed by atoms with E-state index in [0.29, 0.717) is 0 Å². The van der Waals surface area contributed by atoms with Crippen LogP contribution in [0.15, 0.2) is 36.4 Å². The van der Waals surface area contributed by atoms with Gasteiger partial charge in [-0.05, 0) is 35.4 Å². The molecule has 0 saturated heterocycles. The average Bonchev–Trinajstić information content (AvgIpc) is 2.71. The number of halogens is 6. The summed E-state index contributed by atoms with van der Waals surface area (Å²) in [5.74, 6) is -8.45. The lowest BCUT2D eigenvalue weighted by Gasteiger charge is -2.27. The number of hydrogen-bond acceptors (Lipinski definition) is 5. The third kappa shape index (κ3) is 5.20. The van der Waals surface area contributed by atoms with Crippen LogP contribution in [0.4, 0.5) is 26.3 Å². The van der Waals surface area contributed by atoms with Crippen LogP contribution in [0.1, 0.15) is 23.0 Å². The van der Waals surface area contributed by atoms with Gasteiger partial charge in [-0.15, -0.1) is 0 Å². The van der Waals surface area contributed by atoms with Crippen molar-refractivity contribution in [1.82, 2.24) is 0 Å². The predicted octanol–water partition coefficient (Wildman–Crippen LogP) is 5.28. The number of carbonyl (C=O) groups is 1. The van der Waals surface area contributed by atoms with Gasteiger partial charge in [0.25, 0.3) is 0 Å². The first-order valence-electron chi connectivity index (χ1n) is 9.00. The second-order valence-electron chi connectivity index (χ2n) is 6.58. The minimum atomic E-state index is -5.31. The number of Topliss-reactive ketones (excluding diaryl/α,β-unsaturated/α-hetero) is 1. The van der Waals surface area contributed by atoms with Crippen LogP contribution >= 0.6 is 0 Å². The van der Waals surface area contributed by atoms with Crippen LogP contribution < -0.4 is 18.9 Å². The van der Waals surface area contributed by atoms with Crippen molar-refractivity contribution >= 4 is 5.78 Å². The summed E-state index contributed by atoms with van der Waals surface area (Å²) in [6.07, 6.45) is -10.6. The minimum Gasteiger partial charge on any atom is -0.493 e. The maximum atomic E-state index is 13.9. The third-order valence-corrected chi connectivity index (χ3v) is 4.71. The zero-order valence-electron chi connectivity index (χ0n) is 17.4. The topological polar surface area (TPSA) is 54.0 Å². The summed E-state index contributed by atoms with van der Waals surface area (Å²) in [5.41, 5.74) is -1.43. The Morgan fingerprint density at radius 1 is 0.625 bits per heavy atom. The predicted molar refractivity (Wildman–Crippen MR) is 102 cm³/mol. The van der Waals surface area contributed by atoms with E-state index in [1.54, 1.807) is 0 Å². The number of methoxy groups -OCH3 is 4. The van der Waals surface area contributed by atoms with Crippen LogP contribution in [0, 0.1) is 0 Å². The van der Waals surface area contributed by atoms with Crippen molar-refractivity contribution in [2.24, 2.45) is 0 Å². The molecule has 2 atom stereocenters. The van der Waals surface area contributed by atoms with Gasteiger partial charge in [-0.25, -0.2) is 0 Å². The Kier molecular flexibility index (Phi) is 7.53. The molecule has 2 unspecified atom stereocenters. The Bertz CT molecular complexity index is 879. The highest BCUT2D eigenvalue weighted by atomic mass is 19.4. The summed E-state index contributed by atoms with van der Waals surface area (Å²) < 4.78 is 103. The lowest BCUT2D eigenvalue weighted by molar-refractivity contribution is -0.183. The molecule has 0 radical (unpaired) electrons. The molecule has 32 heavy (non-hydrogen) atoms. The van der Waals surface area contributed by atoms with Crippen molar-refractivity contribution < 1.29 is 50.1 Å². The van der Waals surface area contributed by atoms with Gasteiger partial charge in [-0.2, -0.15) is 26.3 Å². The molecule has 0 aliphatic carbocycles. The standard InChI is InChI=1S/C21H20F6O5/c1-29-13-7-5-11(9-15(13)31-3)17(20(22,23)24)19(28)18(21(25,26)27)12-6-8-14(30-2)16(10-12)32-4/h5-10,17-18H,1-4H3. The Morgan fingerprint density at radius 3 is 1.19 bits per heavy atom. The van der Waals surface area contributed by atoms with E-state index in [0.717, 1.165) is 50.6 Å². The number of alkyl halides is 6. The largest absolute Gasteiger partial charge is 0.493 e. The van der Waals surface area contributed by atoms with Crippen LogP contribution in [-0.4, -0.2) is 46.6 Å². The molecule has 0 bridgehead atoms. The number of hydrogen-bond donors (Lipinski definition) is 0. The zero-order chi connectivity index (χ0) is 24.3. The van der Waals surface area contributed by atoms with E-state index in [1.807, 2.05) is 0 Å². The Balaban J connectivity index is 2.66. The van der Waals surface area contributed by atoms with Crippen LogP contribution in [0.5, 0.6) is 23.0 Å². The van der Waals surface area contributed by atoms with Crippen molar-refractivity contribution in [2.75, 3.05) is 28.4 Å². The first kappa shape index (κ1) is 25.2. The second kappa shape index (κ2) is 9.58. The third-order valence-electron chi connectivity index (χ3n) is 4.71. The van der Waals surface area contributed by atoms with Crippen molar-refractivity contribution in [2.45, 2.75) is 24.2 Å². The molecule has 0 N–H and O–H groups in total. The summed E-state index contributed by atoms with van der Waals surface area (Å²) in [6, 6.07) is 5.57. The Hall–Kier alpha value is -3.11. The van der Waals surface area contributed by atoms with E-state index in [1.165, 1.54) is 14.2 Å². The Labute approximate surface area is 179 Å². The molecule has 176 valence electrons. The number of rotatable bonds is 8. The minimum absolute atomic E-state index is 0.0527. The quantitative estimate of drug-likeness (QED) is 0.496. The van der Waals surface area contributed by atoms with Crippen molar-refractivity contribution in [3.05, 3.63) is 47.5 Å². The zero-order valence-corrected chi connectivity index (χ0v) is 17.4. The fourth-order valence-electron chi connectivity index (χ4n) is 3.26. The number of carbonyl (C=O) groups excluding carboxylic acids is 1. The average molecular weight is 466 g/mol. The van der Waals surface area contributed by atoms with E-state index in [2.05, 4.69) is 0 Å². The van der Waals surface area contributed by atoms with Gasteiger partial charge in [0.1, 0.15) is 11.8 Å². The lowest BCUT2D eigenvalue weighted by Crippen LogP contribution is -2.38. The number of ether oxygens (including phenoxy) is 4.